The fourth-order valence-corrected chi connectivity index (χ4v) is 4.08. The summed E-state index contributed by atoms with van der Waals surface area (Å²) in [5.41, 5.74) is 2.97. The van der Waals surface area contributed by atoms with E-state index in [1.807, 2.05) is 29.7 Å². The maximum absolute atomic E-state index is 4.53. The van der Waals surface area contributed by atoms with E-state index in [1.165, 1.54) is 28.9 Å². The van der Waals surface area contributed by atoms with Crippen molar-refractivity contribution in [3.05, 3.63) is 60.0 Å². The zero-order chi connectivity index (χ0) is 17.9. The Kier molecular flexibility index (Phi) is 4.77. The molecular formula is C18H16N6S2. The number of hydrogen-bond donors (Lipinski definition) is 0. The fraction of sp³-hybridized carbons (Fsp3) is 0.167. The maximum atomic E-state index is 4.53. The molecular weight excluding hydrogens is 364 g/mol. The van der Waals surface area contributed by atoms with Crippen molar-refractivity contribution in [3.8, 4) is 17.2 Å². The fourth-order valence-electron chi connectivity index (χ4n) is 2.42. The largest absolute Gasteiger partial charge is 0.268 e. The number of rotatable bonds is 5. The van der Waals surface area contributed by atoms with Crippen LogP contribution in [0.25, 0.3) is 17.2 Å². The van der Waals surface area contributed by atoms with Crippen LogP contribution in [0.15, 0.2) is 58.2 Å². The van der Waals surface area contributed by atoms with Gasteiger partial charge in [0.05, 0.1) is 0 Å². The van der Waals surface area contributed by atoms with Crippen LogP contribution in [0.5, 0.6) is 0 Å². The van der Waals surface area contributed by atoms with E-state index in [0.29, 0.717) is 5.82 Å². The molecule has 0 atom stereocenters. The van der Waals surface area contributed by atoms with Crippen LogP contribution < -0.4 is 0 Å². The van der Waals surface area contributed by atoms with Gasteiger partial charge in [0.15, 0.2) is 10.2 Å². The Hall–Kier alpha value is -2.58. The van der Waals surface area contributed by atoms with Crippen LogP contribution in [0.4, 0.5) is 0 Å². The number of hydrogen-bond acceptors (Lipinski definition) is 7. The molecule has 4 rings (SSSR count). The molecule has 0 aliphatic carbocycles. The number of aryl methyl sites for hydroxylation is 2. The summed E-state index contributed by atoms with van der Waals surface area (Å²) in [6, 6.07) is 14.0. The molecule has 8 heteroatoms. The molecule has 0 amide bonds. The summed E-state index contributed by atoms with van der Waals surface area (Å²) >= 11 is 2.86. The lowest BCUT2D eigenvalue weighted by atomic mass is 10.2. The Morgan fingerprint density at radius 1 is 1.08 bits per heavy atom. The summed E-state index contributed by atoms with van der Waals surface area (Å²) in [6.07, 6.45) is 2.58. The molecule has 0 saturated carbocycles. The Morgan fingerprint density at radius 2 is 1.92 bits per heavy atom. The van der Waals surface area contributed by atoms with Crippen LogP contribution in [0.2, 0.25) is 0 Å². The molecule has 1 aromatic carbocycles. The van der Waals surface area contributed by atoms with E-state index >= 15 is 0 Å². The van der Waals surface area contributed by atoms with Gasteiger partial charge >= 0.3 is 0 Å². The normalized spacial score (nSPS) is 11.0. The van der Waals surface area contributed by atoms with Crippen LogP contribution in [-0.2, 0) is 6.42 Å². The summed E-state index contributed by atoms with van der Waals surface area (Å²) in [6.45, 7) is 4.11. The molecule has 4 aromatic rings. The molecule has 0 unspecified atom stereocenters. The molecule has 130 valence electrons. The van der Waals surface area contributed by atoms with Crippen molar-refractivity contribution in [2.75, 3.05) is 0 Å². The number of pyridine rings is 1. The Morgan fingerprint density at radius 3 is 2.62 bits per heavy atom. The van der Waals surface area contributed by atoms with Crippen LogP contribution in [0.1, 0.15) is 18.3 Å². The van der Waals surface area contributed by atoms with Gasteiger partial charge in [-0.2, -0.15) is 4.37 Å². The van der Waals surface area contributed by atoms with Gasteiger partial charge in [-0.25, -0.2) is 4.98 Å². The standard InChI is InChI=1S/C18H16N6S2/c1-3-15-20-18(26-23-15)25-17-22-21-16(14-6-4-5-11-19-14)24(17)13-9-7-12(2)8-10-13/h4-11H,3H2,1-2H3. The van der Waals surface area contributed by atoms with Crippen molar-refractivity contribution in [1.82, 2.24) is 29.1 Å². The van der Waals surface area contributed by atoms with E-state index in [-0.39, 0.29) is 0 Å². The Bertz CT molecular complexity index is 1010. The third-order valence-corrected chi connectivity index (χ3v) is 5.50. The minimum atomic E-state index is 0.706. The van der Waals surface area contributed by atoms with Crippen molar-refractivity contribution < 1.29 is 0 Å². The molecule has 26 heavy (non-hydrogen) atoms. The molecule has 0 radical (unpaired) electrons. The molecule has 0 aliphatic rings. The highest BCUT2D eigenvalue weighted by Crippen LogP contribution is 2.32. The highest BCUT2D eigenvalue weighted by atomic mass is 32.2. The molecule has 3 aromatic heterocycles. The van der Waals surface area contributed by atoms with E-state index in [2.05, 4.69) is 55.7 Å². The molecule has 3 heterocycles. The summed E-state index contributed by atoms with van der Waals surface area (Å²) in [7, 11) is 0. The van der Waals surface area contributed by atoms with Gasteiger partial charge in [0, 0.05) is 18.3 Å². The molecule has 0 fully saturated rings. The molecule has 0 saturated heterocycles. The van der Waals surface area contributed by atoms with Crippen molar-refractivity contribution in [2.24, 2.45) is 0 Å². The van der Waals surface area contributed by atoms with E-state index in [0.717, 1.165) is 33.1 Å². The predicted molar refractivity (Wildman–Crippen MR) is 103 cm³/mol. The molecule has 0 aliphatic heterocycles. The average Bonchev–Trinajstić information content (AvgIpc) is 3.30. The van der Waals surface area contributed by atoms with Gasteiger partial charge in [-0.15, -0.1) is 10.2 Å². The molecule has 0 spiro atoms. The second kappa shape index (κ2) is 7.35. The van der Waals surface area contributed by atoms with Crippen LogP contribution >= 0.6 is 23.3 Å². The van der Waals surface area contributed by atoms with E-state index in [9.17, 15) is 0 Å². The van der Waals surface area contributed by atoms with Crippen molar-refractivity contribution >= 4 is 23.3 Å². The zero-order valence-electron chi connectivity index (χ0n) is 14.3. The van der Waals surface area contributed by atoms with Crippen LogP contribution in [0, 0.1) is 6.92 Å². The first-order chi connectivity index (χ1) is 12.7. The minimum absolute atomic E-state index is 0.706. The third-order valence-electron chi connectivity index (χ3n) is 3.76. The molecule has 0 bridgehead atoms. The quantitative estimate of drug-likeness (QED) is 0.517. The van der Waals surface area contributed by atoms with Gasteiger partial charge < -0.3 is 0 Å². The van der Waals surface area contributed by atoms with Crippen molar-refractivity contribution in [1.29, 1.82) is 0 Å². The van der Waals surface area contributed by atoms with Gasteiger partial charge in [0.1, 0.15) is 11.5 Å². The highest BCUT2D eigenvalue weighted by Gasteiger charge is 2.19. The SMILES string of the molecule is CCc1nsc(Sc2nnc(-c3ccccn3)n2-c2ccc(C)cc2)n1. The average molecular weight is 381 g/mol. The Labute approximate surface area is 159 Å². The van der Waals surface area contributed by atoms with Gasteiger partial charge in [-0.05, 0) is 54.5 Å². The van der Waals surface area contributed by atoms with Gasteiger partial charge in [-0.3, -0.25) is 9.55 Å². The first-order valence-corrected chi connectivity index (χ1v) is 9.78. The lowest BCUT2D eigenvalue weighted by molar-refractivity contribution is 0.882. The van der Waals surface area contributed by atoms with E-state index < -0.39 is 0 Å². The molecule has 0 N–H and O–H groups in total. The third kappa shape index (κ3) is 3.38. The van der Waals surface area contributed by atoms with Crippen LogP contribution in [-0.4, -0.2) is 29.1 Å². The van der Waals surface area contributed by atoms with Crippen molar-refractivity contribution in [2.45, 2.75) is 29.8 Å². The zero-order valence-corrected chi connectivity index (χ0v) is 16.0. The minimum Gasteiger partial charge on any atom is -0.268 e. The summed E-state index contributed by atoms with van der Waals surface area (Å²) in [5.74, 6) is 1.56. The lowest BCUT2D eigenvalue weighted by Crippen LogP contribution is -2.00. The number of nitrogens with zero attached hydrogens (tertiary/aromatic N) is 6. The predicted octanol–water partition coefficient (Wildman–Crippen LogP) is 4.20. The van der Waals surface area contributed by atoms with Gasteiger partial charge in [0.2, 0.25) is 5.16 Å². The first kappa shape index (κ1) is 16.9. The maximum Gasteiger partial charge on any atom is 0.203 e. The highest BCUT2D eigenvalue weighted by molar-refractivity contribution is 8.00. The second-order valence-corrected chi connectivity index (χ2v) is 7.59. The van der Waals surface area contributed by atoms with Crippen molar-refractivity contribution in [3.63, 3.8) is 0 Å². The first-order valence-electron chi connectivity index (χ1n) is 8.19. The molecule has 6 nitrogen and oxygen atoms in total. The van der Waals surface area contributed by atoms with Gasteiger partial charge in [-0.1, -0.05) is 30.7 Å². The Balaban J connectivity index is 1.81. The topological polar surface area (TPSA) is 69.4 Å². The summed E-state index contributed by atoms with van der Waals surface area (Å²) in [4.78, 5) is 8.96. The van der Waals surface area contributed by atoms with E-state index in [4.69, 9.17) is 0 Å². The van der Waals surface area contributed by atoms with Crippen LogP contribution in [0.3, 0.4) is 0 Å². The number of aromatic nitrogens is 6. The van der Waals surface area contributed by atoms with E-state index in [1.54, 1.807) is 6.20 Å². The number of benzene rings is 1. The summed E-state index contributed by atoms with van der Waals surface area (Å²) in [5, 5.41) is 9.53. The lowest BCUT2D eigenvalue weighted by Gasteiger charge is -2.09. The monoisotopic (exact) mass is 380 g/mol. The van der Waals surface area contributed by atoms with Gasteiger partial charge in [0.25, 0.3) is 0 Å². The smallest absolute Gasteiger partial charge is 0.203 e. The summed E-state index contributed by atoms with van der Waals surface area (Å²) < 4.78 is 7.22. The second-order valence-electron chi connectivity index (χ2n) is 5.62.